The first-order chi connectivity index (χ1) is 9.74. The molecule has 118 valence electrons. The minimum Gasteiger partial charge on any atom is -0.284 e. The lowest BCUT2D eigenvalue weighted by atomic mass is 10.1. The second-order valence-electron chi connectivity index (χ2n) is 5.56. The van der Waals surface area contributed by atoms with E-state index in [1.54, 1.807) is 0 Å². The second-order valence-corrected chi connectivity index (χ2v) is 10.0. The molecule has 0 aliphatic rings. The van der Waals surface area contributed by atoms with Gasteiger partial charge in [-0.2, -0.15) is 13.2 Å². The van der Waals surface area contributed by atoms with E-state index in [1.807, 2.05) is 6.55 Å². The largest absolute Gasteiger partial charge is 0.454 e. The van der Waals surface area contributed by atoms with Crippen molar-refractivity contribution in [3.63, 3.8) is 0 Å². The molecule has 1 aromatic rings. The van der Waals surface area contributed by atoms with Crippen LogP contribution in [0.5, 0.6) is 0 Å². The molecule has 1 rings (SSSR count). The Morgan fingerprint density at radius 3 is 2.14 bits per heavy atom. The van der Waals surface area contributed by atoms with Gasteiger partial charge < -0.3 is 0 Å². The number of carbonyl (C=O) groups excluding carboxylic acids is 1. The molecule has 0 spiro atoms. The van der Waals surface area contributed by atoms with Gasteiger partial charge in [-0.3, -0.25) is 9.18 Å². The minimum absolute atomic E-state index is 0.394. The molecule has 0 aliphatic carbocycles. The maximum Gasteiger partial charge on any atom is 0.454 e. The maximum absolute atomic E-state index is 13.4. The summed E-state index contributed by atoms with van der Waals surface area (Å²) < 4.78 is 50.4. The maximum atomic E-state index is 13.4. The van der Waals surface area contributed by atoms with Crippen molar-refractivity contribution >= 4 is 19.0 Å². The van der Waals surface area contributed by atoms with Crippen molar-refractivity contribution in [1.29, 1.82) is 0 Å². The third kappa shape index (κ3) is 4.66. The van der Waals surface area contributed by atoms with Gasteiger partial charge >= 0.3 is 6.18 Å². The van der Waals surface area contributed by atoms with E-state index >= 15 is 0 Å². The molecule has 1 nitrogen and oxygen atoms in total. The van der Waals surface area contributed by atoms with Crippen molar-refractivity contribution in [2.24, 2.45) is 0 Å². The van der Waals surface area contributed by atoms with Crippen LogP contribution in [0.3, 0.4) is 0 Å². The van der Waals surface area contributed by atoms with E-state index in [2.05, 4.69) is 6.92 Å². The number of benzene rings is 1. The van der Waals surface area contributed by atoms with Crippen molar-refractivity contribution in [2.45, 2.75) is 45.0 Å². The van der Waals surface area contributed by atoms with Gasteiger partial charge in [-0.1, -0.05) is 68.2 Å². The fourth-order valence-electron chi connectivity index (χ4n) is 2.24. The molecule has 1 unspecified atom stereocenters. The van der Waals surface area contributed by atoms with Gasteiger partial charge in [0.15, 0.2) is 0 Å². The lowest BCUT2D eigenvalue weighted by Crippen LogP contribution is -2.47. The first-order valence-electron chi connectivity index (χ1n) is 7.02. The average Bonchev–Trinajstić information content (AvgIpc) is 2.45. The number of carbonyl (C=O) groups is 1. The van der Waals surface area contributed by atoms with E-state index in [-0.39, 0.29) is 0 Å². The van der Waals surface area contributed by atoms with Gasteiger partial charge in [-0.15, -0.1) is 0 Å². The normalized spacial score (nSPS) is 14.8. The quantitative estimate of drug-likeness (QED) is 0.315. The van der Waals surface area contributed by atoms with Crippen LogP contribution in [-0.2, 0) is 0 Å². The molecule has 0 radical (unpaired) electrons. The highest BCUT2D eigenvalue weighted by molar-refractivity contribution is 6.90. The van der Waals surface area contributed by atoms with Crippen LogP contribution in [0.4, 0.5) is 17.6 Å². The first kappa shape index (κ1) is 17.9. The molecular formula is C15H20F4OSi. The van der Waals surface area contributed by atoms with Gasteiger partial charge in [0.2, 0.25) is 0 Å². The number of ketones is 1. The zero-order valence-corrected chi connectivity index (χ0v) is 13.3. The minimum atomic E-state index is -4.87. The third-order valence-electron chi connectivity index (χ3n) is 3.73. The summed E-state index contributed by atoms with van der Waals surface area (Å²) in [4.78, 5) is 11.1. The number of hydrogen-bond donors (Lipinski definition) is 0. The van der Waals surface area contributed by atoms with E-state index in [9.17, 15) is 22.4 Å². The molecule has 1 aromatic carbocycles. The van der Waals surface area contributed by atoms with Crippen LogP contribution in [0.2, 0.25) is 12.6 Å². The topological polar surface area (TPSA) is 17.1 Å². The Balaban J connectivity index is 2.91. The van der Waals surface area contributed by atoms with Gasteiger partial charge in [-0.05, 0) is 0 Å². The monoisotopic (exact) mass is 320 g/mol. The Morgan fingerprint density at radius 1 is 1.14 bits per heavy atom. The Hall–Kier alpha value is -1.17. The van der Waals surface area contributed by atoms with Crippen molar-refractivity contribution in [2.75, 3.05) is 6.30 Å². The summed E-state index contributed by atoms with van der Waals surface area (Å²) >= 11 is 0. The summed E-state index contributed by atoms with van der Waals surface area (Å²) in [6, 6.07) is 6.05. The van der Waals surface area contributed by atoms with Crippen molar-refractivity contribution < 1.29 is 22.4 Å². The molecule has 0 aromatic heterocycles. The molecule has 0 N–H and O–H groups in total. The standard InChI is InChI=1S/C15H20F4OSi/c1-3-4-5-10-21(2,11-16)13-8-6-12(7-9-13)14(20)15(17,18)19/h6-9H,3-5,10-11H2,1-2H3. The molecule has 0 saturated carbocycles. The smallest absolute Gasteiger partial charge is 0.284 e. The molecule has 0 aliphatic heterocycles. The Bertz CT molecular complexity index is 470. The summed E-state index contributed by atoms with van der Waals surface area (Å²) in [5, 5.41) is 0.764. The molecule has 0 fully saturated rings. The Morgan fingerprint density at radius 2 is 1.71 bits per heavy atom. The van der Waals surface area contributed by atoms with Gasteiger partial charge in [0, 0.05) is 5.56 Å². The molecule has 6 heteroatoms. The molecule has 1 atom stereocenters. The molecule has 0 heterocycles. The fraction of sp³-hybridized carbons (Fsp3) is 0.533. The van der Waals surface area contributed by atoms with Gasteiger partial charge in [0.05, 0.1) is 6.30 Å². The highest BCUT2D eigenvalue weighted by atomic mass is 28.3. The number of unbranched alkanes of at least 4 members (excludes halogenated alkanes) is 2. The molecule has 0 amide bonds. The van der Waals surface area contributed by atoms with E-state index in [0.29, 0.717) is 0 Å². The van der Waals surface area contributed by atoms with Crippen LogP contribution >= 0.6 is 0 Å². The van der Waals surface area contributed by atoms with Crippen LogP contribution in [0.15, 0.2) is 24.3 Å². The third-order valence-corrected chi connectivity index (χ3v) is 7.50. The Kier molecular flexibility index (Phi) is 6.13. The highest BCUT2D eigenvalue weighted by Crippen LogP contribution is 2.22. The van der Waals surface area contributed by atoms with Crippen molar-refractivity contribution in [3.8, 4) is 0 Å². The van der Waals surface area contributed by atoms with Crippen LogP contribution in [0.1, 0.15) is 36.5 Å². The number of rotatable bonds is 7. The molecule has 0 bridgehead atoms. The molecule has 0 saturated heterocycles. The second kappa shape index (κ2) is 7.20. The van der Waals surface area contributed by atoms with Crippen LogP contribution in [0, 0.1) is 0 Å². The number of hydrogen-bond acceptors (Lipinski definition) is 1. The summed E-state index contributed by atoms with van der Waals surface area (Å²) in [6.45, 7) is 3.95. The predicted octanol–water partition coefficient (Wildman–Crippen LogP) is 4.42. The average molecular weight is 320 g/mol. The summed E-state index contributed by atoms with van der Waals surface area (Å²) in [5.74, 6) is -1.86. The van der Waals surface area contributed by atoms with Gasteiger partial charge in [-0.25, -0.2) is 0 Å². The van der Waals surface area contributed by atoms with Crippen LogP contribution in [-0.4, -0.2) is 26.3 Å². The lowest BCUT2D eigenvalue weighted by molar-refractivity contribution is -0.0885. The summed E-state index contributed by atoms with van der Waals surface area (Å²) in [5.41, 5.74) is -0.394. The molecule has 21 heavy (non-hydrogen) atoms. The molecular weight excluding hydrogens is 300 g/mol. The first-order valence-corrected chi connectivity index (χ1v) is 9.94. The predicted molar refractivity (Wildman–Crippen MR) is 78.4 cm³/mol. The van der Waals surface area contributed by atoms with Crippen molar-refractivity contribution in [1.82, 2.24) is 0 Å². The summed E-state index contributed by atoms with van der Waals surface area (Å²) in [6.07, 6.45) is -2.33. The fourth-order valence-corrected chi connectivity index (χ4v) is 4.82. The van der Waals surface area contributed by atoms with E-state index < -0.39 is 31.9 Å². The van der Waals surface area contributed by atoms with E-state index in [4.69, 9.17) is 0 Å². The number of Topliss-reactive ketones (excluding diaryl/α,β-unsaturated/α-hetero) is 1. The van der Waals surface area contributed by atoms with E-state index in [1.165, 1.54) is 12.1 Å². The zero-order valence-electron chi connectivity index (χ0n) is 12.3. The number of halogens is 4. The zero-order chi connectivity index (χ0) is 16.1. The van der Waals surface area contributed by atoms with Crippen molar-refractivity contribution in [3.05, 3.63) is 29.8 Å². The van der Waals surface area contributed by atoms with Gasteiger partial charge in [0.25, 0.3) is 5.78 Å². The lowest BCUT2D eigenvalue weighted by Gasteiger charge is -2.24. The SMILES string of the molecule is CCCCC[Si](C)(CF)c1ccc(C(=O)C(F)(F)F)cc1. The summed E-state index contributed by atoms with van der Waals surface area (Å²) in [7, 11) is -2.30. The number of alkyl halides is 4. The van der Waals surface area contributed by atoms with E-state index in [0.717, 1.165) is 42.6 Å². The Labute approximate surface area is 123 Å². The van der Waals surface area contributed by atoms with Gasteiger partial charge in [0.1, 0.15) is 8.07 Å². The van der Waals surface area contributed by atoms with Crippen LogP contribution < -0.4 is 5.19 Å². The van der Waals surface area contributed by atoms with Crippen LogP contribution in [0.25, 0.3) is 0 Å². The highest BCUT2D eigenvalue weighted by Gasteiger charge is 2.39.